The predicted molar refractivity (Wildman–Crippen MR) is 92.9 cm³/mol. The molecule has 1 aliphatic rings. The minimum absolute atomic E-state index is 0.150. The molecule has 4 nitrogen and oxygen atoms in total. The van der Waals surface area contributed by atoms with E-state index in [0.717, 1.165) is 31.4 Å². The van der Waals surface area contributed by atoms with Crippen molar-refractivity contribution in [3.63, 3.8) is 0 Å². The molecule has 1 aliphatic carbocycles. The Morgan fingerprint density at radius 3 is 1.74 bits per heavy atom. The van der Waals surface area contributed by atoms with E-state index >= 15 is 0 Å². The Bertz CT molecular complexity index is 568. The molecule has 128 valence electrons. The van der Waals surface area contributed by atoms with Crippen molar-refractivity contribution < 1.29 is 12.7 Å². The molecule has 0 aliphatic heterocycles. The molecule has 0 unspecified atom stereocenters. The van der Waals surface area contributed by atoms with Gasteiger partial charge in [-0.2, -0.15) is 8.42 Å². The van der Waals surface area contributed by atoms with Gasteiger partial charge in [0.05, 0.1) is 5.71 Å². The number of hydrogen-bond acceptors (Lipinski definition) is 4. The Morgan fingerprint density at radius 2 is 1.22 bits per heavy atom. The molecule has 0 bridgehead atoms. The second-order valence-electron chi connectivity index (χ2n) is 6.18. The van der Waals surface area contributed by atoms with Gasteiger partial charge in [-0.15, -0.1) is 0 Å². The van der Waals surface area contributed by atoms with Crippen LogP contribution in [0.5, 0.6) is 0 Å². The van der Waals surface area contributed by atoms with Gasteiger partial charge in [0.15, 0.2) is 0 Å². The van der Waals surface area contributed by atoms with Gasteiger partial charge >= 0.3 is 10.1 Å². The Labute approximate surface area is 140 Å². The fraction of sp³-hybridized carbons (Fsp3) is 0.611. The summed E-state index contributed by atoms with van der Waals surface area (Å²) in [7, 11) is -3.80. The van der Waals surface area contributed by atoms with Gasteiger partial charge in [-0.05, 0) is 37.8 Å². The monoisotopic (exact) mass is 337 g/mol. The molecule has 0 atom stereocenters. The second-order valence-corrected chi connectivity index (χ2v) is 7.71. The van der Waals surface area contributed by atoms with Crippen LogP contribution in [0.15, 0.2) is 40.4 Å². The van der Waals surface area contributed by atoms with Gasteiger partial charge in [0, 0.05) is 0 Å². The van der Waals surface area contributed by atoms with Crippen molar-refractivity contribution in [3.05, 3.63) is 30.3 Å². The summed E-state index contributed by atoms with van der Waals surface area (Å²) < 4.78 is 29.2. The maximum atomic E-state index is 12.1. The summed E-state index contributed by atoms with van der Waals surface area (Å²) in [5.41, 5.74) is 0.880. The highest BCUT2D eigenvalue weighted by atomic mass is 32.2. The summed E-state index contributed by atoms with van der Waals surface area (Å²) in [4.78, 5) is 0.150. The largest absolute Gasteiger partial charge is 0.358 e. The molecule has 1 aromatic carbocycles. The average Bonchev–Trinajstić information content (AvgIpc) is 2.55. The van der Waals surface area contributed by atoms with Gasteiger partial charge in [-0.1, -0.05) is 68.3 Å². The van der Waals surface area contributed by atoms with Crippen LogP contribution in [0.3, 0.4) is 0 Å². The molecule has 0 saturated heterocycles. The van der Waals surface area contributed by atoms with E-state index < -0.39 is 10.1 Å². The van der Waals surface area contributed by atoms with Crippen molar-refractivity contribution in [2.24, 2.45) is 5.16 Å². The maximum Gasteiger partial charge on any atom is 0.358 e. The highest BCUT2D eigenvalue weighted by Gasteiger charge is 2.15. The van der Waals surface area contributed by atoms with E-state index in [4.69, 9.17) is 4.28 Å². The first-order valence-electron chi connectivity index (χ1n) is 8.73. The van der Waals surface area contributed by atoms with E-state index in [1.165, 1.54) is 57.1 Å². The molecule has 0 spiro atoms. The summed E-state index contributed by atoms with van der Waals surface area (Å²) in [6.07, 6.45) is 12.7. The number of hydrogen-bond donors (Lipinski definition) is 0. The summed E-state index contributed by atoms with van der Waals surface area (Å²) in [6.45, 7) is 0. The molecular weight excluding hydrogens is 310 g/mol. The lowest BCUT2D eigenvalue weighted by Crippen LogP contribution is -2.06. The molecule has 0 amide bonds. The fourth-order valence-corrected chi connectivity index (χ4v) is 3.62. The highest BCUT2D eigenvalue weighted by molar-refractivity contribution is 7.86. The molecule has 1 saturated carbocycles. The van der Waals surface area contributed by atoms with E-state index in [0.29, 0.717) is 0 Å². The van der Waals surface area contributed by atoms with E-state index in [2.05, 4.69) is 5.16 Å². The first kappa shape index (κ1) is 18.0. The Kier molecular flexibility index (Phi) is 7.59. The smallest absolute Gasteiger partial charge is 0.265 e. The third-order valence-corrected chi connectivity index (χ3v) is 5.35. The standard InChI is InChI=1S/C18H27NO3S/c20-23(21,18-15-11-8-12-16-18)22-19-17-13-9-6-4-2-1-3-5-7-10-14-17/h8,11-12,15-16H,1-7,9-10,13-14H2. The molecular formula is C18H27NO3S. The summed E-state index contributed by atoms with van der Waals surface area (Å²) in [5, 5.41) is 3.99. The predicted octanol–water partition coefficient (Wildman–Crippen LogP) is 5.05. The second kappa shape index (κ2) is 9.71. The quantitative estimate of drug-likeness (QED) is 0.725. The highest BCUT2D eigenvalue weighted by Crippen LogP contribution is 2.17. The molecule has 0 N–H and O–H groups in total. The van der Waals surface area contributed by atoms with Crippen molar-refractivity contribution in [3.8, 4) is 0 Å². The maximum absolute atomic E-state index is 12.1. The van der Waals surface area contributed by atoms with Gasteiger partial charge in [0.25, 0.3) is 0 Å². The lowest BCUT2D eigenvalue weighted by Gasteiger charge is -2.09. The van der Waals surface area contributed by atoms with Gasteiger partial charge < -0.3 is 0 Å². The number of rotatable bonds is 3. The van der Waals surface area contributed by atoms with Crippen LogP contribution in [0.4, 0.5) is 0 Å². The summed E-state index contributed by atoms with van der Waals surface area (Å²) in [6, 6.07) is 8.18. The van der Waals surface area contributed by atoms with Crippen LogP contribution in [0.1, 0.15) is 70.6 Å². The van der Waals surface area contributed by atoms with Crippen molar-refractivity contribution in [2.45, 2.75) is 75.5 Å². The topological polar surface area (TPSA) is 55.7 Å². The van der Waals surface area contributed by atoms with Gasteiger partial charge in [-0.3, -0.25) is 4.28 Å². The van der Waals surface area contributed by atoms with Gasteiger partial charge in [0.2, 0.25) is 0 Å². The zero-order valence-corrected chi connectivity index (χ0v) is 14.6. The van der Waals surface area contributed by atoms with E-state index in [-0.39, 0.29) is 4.90 Å². The van der Waals surface area contributed by atoms with E-state index in [1.54, 1.807) is 18.2 Å². The molecule has 0 heterocycles. The lowest BCUT2D eigenvalue weighted by atomic mass is 10.00. The minimum Gasteiger partial charge on any atom is -0.265 e. The van der Waals surface area contributed by atoms with Crippen molar-refractivity contribution in [1.82, 2.24) is 0 Å². The van der Waals surface area contributed by atoms with Crippen LogP contribution in [-0.2, 0) is 14.4 Å². The molecule has 2 rings (SSSR count). The summed E-state index contributed by atoms with van der Waals surface area (Å²) in [5.74, 6) is 0. The fourth-order valence-electron chi connectivity index (χ4n) is 2.84. The molecule has 5 heteroatoms. The molecule has 0 radical (unpaired) electrons. The van der Waals surface area contributed by atoms with Crippen molar-refractivity contribution in [1.29, 1.82) is 0 Å². The van der Waals surface area contributed by atoms with Crippen molar-refractivity contribution in [2.75, 3.05) is 0 Å². The first-order valence-corrected chi connectivity index (χ1v) is 10.1. The third kappa shape index (κ3) is 6.73. The Morgan fingerprint density at radius 1 is 0.739 bits per heavy atom. The first-order chi connectivity index (χ1) is 11.2. The number of benzene rings is 1. The van der Waals surface area contributed by atoms with Crippen LogP contribution in [0.25, 0.3) is 0 Å². The zero-order chi connectivity index (χ0) is 16.4. The summed E-state index contributed by atoms with van der Waals surface area (Å²) >= 11 is 0. The molecule has 1 aromatic rings. The van der Waals surface area contributed by atoms with Gasteiger partial charge in [0.1, 0.15) is 4.90 Å². The minimum atomic E-state index is -3.80. The van der Waals surface area contributed by atoms with Crippen LogP contribution in [-0.4, -0.2) is 14.1 Å². The lowest BCUT2D eigenvalue weighted by molar-refractivity contribution is 0.335. The Balaban J connectivity index is 1.96. The zero-order valence-electron chi connectivity index (χ0n) is 13.7. The Hall–Kier alpha value is -1.36. The van der Waals surface area contributed by atoms with Crippen LogP contribution in [0.2, 0.25) is 0 Å². The van der Waals surface area contributed by atoms with Gasteiger partial charge in [-0.25, -0.2) is 0 Å². The van der Waals surface area contributed by atoms with Crippen LogP contribution in [0, 0.1) is 0 Å². The molecule has 0 aromatic heterocycles. The molecule has 23 heavy (non-hydrogen) atoms. The van der Waals surface area contributed by atoms with Crippen molar-refractivity contribution >= 4 is 15.8 Å². The third-order valence-electron chi connectivity index (χ3n) is 4.23. The normalized spacial score (nSPS) is 18.5. The average molecular weight is 337 g/mol. The van der Waals surface area contributed by atoms with Crippen LogP contribution >= 0.6 is 0 Å². The van der Waals surface area contributed by atoms with E-state index in [9.17, 15) is 8.42 Å². The van der Waals surface area contributed by atoms with E-state index in [1.807, 2.05) is 0 Å². The number of oxime groups is 1. The SMILES string of the molecule is O=S(=O)(ON=C1CCCCCCCCCCC1)c1ccccc1. The molecule has 1 fully saturated rings. The number of nitrogens with zero attached hydrogens (tertiary/aromatic N) is 1. The van der Waals surface area contributed by atoms with Crippen LogP contribution < -0.4 is 0 Å².